The van der Waals surface area contributed by atoms with Crippen LogP contribution in [0.1, 0.15) is 42.4 Å². The highest BCUT2D eigenvalue weighted by Crippen LogP contribution is 2.25. The summed E-state index contributed by atoms with van der Waals surface area (Å²) in [5, 5.41) is 5.40. The molecule has 2 aromatic heterocycles. The van der Waals surface area contributed by atoms with Gasteiger partial charge in [0.05, 0.1) is 0 Å². The zero-order valence-corrected chi connectivity index (χ0v) is 13.2. The average molecular weight is 307 g/mol. The number of carbonyl (C=O) groups excluding carboxylic acids is 1. The third-order valence-electron chi connectivity index (χ3n) is 3.21. The SMILES string of the molecule is CCCCC(CN)NC(=O)c1csc(-c2ccc(C)o2)n1. The number of hydrogen-bond acceptors (Lipinski definition) is 5. The van der Waals surface area contributed by atoms with E-state index in [1.807, 2.05) is 19.1 Å². The molecule has 0 saturated heterocycles. The fourth-order valence-electron chi connectivity index (χ4n) is 2.00. The Morgan fingerprint density at radius 3 is 2.95 bits per heavy atom. The minimum atomic E-state index is -0.174. The molecule has 0 radical (unpaired) electrons. The van der Waals surface area contributed by atoms with Gasteiger partial charge in [-0.2, -0.15) is 0 Å². The first-order valence-corrected chi connectivity index (χ1v) is 8.05. The highest BCUT2D eigenvalue weighted by Gasteiger charge is 2.16. The Morgan fingerprint density at radius 2 is 2.33 bits per heavy atom. The number of amides is 1. The summed E-state index contributed by atoms with van der Waals surface area (Å²) < 4.78 is 5.51. The van der Waals surface area contributed by atoms with Gasteiger partial charge in [-0.05, 0) is 25.5 Å². The van der Waals surface area contributed by atoms with E-state index in [-0.39, 0.29) is 11.9 Å². The molecule has 0 spiro atoms. The van der Waals surface area contributed by atoms with Gasteiger partial charge in [-0.25, -0.2) is 4.98 Å². The number of aryl methyl sites for hydroxylation is 1. The summed E-state index contributed by atoms with van der Waals surface area (Å²) in [5.41, 5.74) is 6.11. The molecule has 2 heterocycles. The standard InChI is InChI=1S/C15H21N3O2S/c1-3-4-5-11(8-16)17-14(19)12-9-21-15(18-12)13-7-6-10(2)20-13/h6-7,9,11H,3-5,8,16H2,1-2H3,(H,17,19). The van der Waals surface area contributed by atoms with Crippen LogP contribution in [0.2, 0.25) is 0 Å². The van der Waals surface area contributed by atoms with Gasteiger partial charge >= 0.3 is 0 Å². The van der Waals surface area contributed by atoms with Crippen molar-refractivity contribution < 1.29 is 9.21 Å². The Bertz CT molecular complexity index is 591. The van der Waals surface area contributed by atoms with E-state index in [4.69, 9.17) is 10.2 Å². The smallest absolute Gasteiger partial charge is 0.271 e. The Hall–Kier alpha value is -1.66. The van der Waals surface area contributed by atoms with E-state index >= 15 is 0 Å². The molecule has 0 fully saturated rings. The molecule has 2 rings (SSSR count). The van der Waals surface area contributed by atoms with E-state index in [1.54, 1.807) is 5.38 Å². The van der Waals surface area contributed by atoms with Crippen LogP contribution in [0.4, 0.5) is 0 Å². The maximum Gasteiger partial charge on any atom is 0.271 e. The maximum absolute atomic E-state index is 12.2. The van der Waals surface area contributed by atoms with Gasteiger partial charge < -0.3 is 15.5 Å². The minimum absolute atomic E-state index is 0.00783. The average Bonchev–Trinajstić information content (AvgIpc) is 3.11. The first-order valence-electron chi connectivity index (χ1n) is 7.17. The van der Waals surface area contributed by atoms with Crippen molar-refractivity contribution >= 4 is 17.2 Å². The summed E-state index contributed by atoms with van der Waals surface area (Å²) in [5.74, 6) is 1.35. The lowest BCUT2D eigenvalue weighted by atomic mass is 10.1. The number of aromatic nitrogens is 1. The van der Waals surface area contributed by atoms with Crippen molar-refractivity contribution in [3.8, 4) is 10.8 Å². The quantitative estimate of drug-likeness (QED) is 0.824. The Kier molecular flexibility index (Phi) is 5.52. The predicted molar refractivity (Wildman–Crippen MR) is 84.4 cm³/mol. The molecule has 1 atom stereocenters. The molecule has 0 aromatic carbocycles. The van der Waals surface area contributed by atoms with Crippen molar-refractivity contribution in [1.29, 1.82) is 0 Å². The first kappa shape index (κ1) is 15.7. The Morgan fingerprint density at radius 1 is 1.52 bits per heavy atom. The monoisotopic (exact) mass is 307 g/mol. The second-order valence-electron chi connectivity index (χ2n) is 5.00. The summed E-state index contributed by atoms with van der Waals surface area (Å²) in [6.07, 6.45) is 3.04. The molecule has 1 unspecified atom stereocenters. The van der Waals surface area contributed by atoms with Gasteiger partial charge in [-0.15, -0.1) is 11.3 Å². The topological polar surface area (TPSA) is 81.1 Å². The third-order valence-corrected chi connectivity index (χ3v) is 4.07. The van der Waals surface area contributed by atoms with E-state index in [2.05, 4.69) is 17.2 Å². The summed E-state index contributed by atoms with van der Waals surface area (Å²) in [7, 11) is 0. The number of nitrogens with two attached hydrogens (primary N) is 1. The molecule has 0 aliphatic heterocycles. The van der Waals surface area contributed by atoms with Crippen LogP contribution in [0.15, 0.2) is 21.9 Å². The largest absolute Gasteiger partial charge is 0.459 e. The summed E-state index contributed by atoms with van der Waals surface area (Å²) in [4.78, 5) is 16.5. The molecular weight excluding hydrogens is 286 g/mol. The number of hydrogen-bond donors (Lipinski definition) is 2. The Labute approximate surface area is 128 Å². The number of nitrogens with one attached hydrogen (secondary N) is 1. The van der Waals surface area contributed by atoms with Gasteiger partial charge in [-0.3, -0.25) is 4.79 Å². The second-order valence-corrected chi connectivity index (χ2v) is 5.85. The van der Waals surface area contributed by atoms with E-state index in [1.165, 1.54) is 11.3 Å². The van der Waals surface area contributed by atoms with Crippen molar-refractivity contribution in [2.45, 2.75) is 39.2 Å². The molecule has 114 valence electrons. The van der Waals surface area contributed by atoms with Crippen LogP contribution >= 0.6 is 11.3 Å². The number of rotatable bonds is 7. The number of thiazole rings is 1. The van der Waals surface area contributed by atoms with Crippen LogP contribution in [-0.2, 0) is 0 Å². The highest BCUT2D eigenvalue weighted by molar-refractivity contribution is 7.13. The van der Waals surface area contributed by atoms with Gasteiger partial charge in [0.25, 0.3) is 5.91 Å². The van der Waals surface area contributed by atoms with Gasteiger partial charge in [0.15, 0.2) is 10.8 Å². The normalized spacial score (nSPS) is 12.3. The molecule has 6 heteroatoms. The van der Waals surface area contributed by atoms with Gasteiger partial charge in [0, 0.05) is 18.0 Å². The molecule has 0 aliphatic rings. The highest BCUT2D eigenvalue weighted by atomic mass is 32.1. The fourth-order valence-corrected chi connectivity index (χ4v) is 2.76. The molecular formula is C15H21N3O2S. The molecule has 21 heavy (non-hydrogen) atoms. The second kappa shape index (κ2) is 7.38. The summed E-state index contributed by atoms with van der Waals surface area (Å²) >= 11 is 1.40. The maximum atomic E-state index is 12.2. The molecule has 0 saturated carbocycles. The van der Waals surface area contributed by atoms with Crippen molar-refractivity contribution in [3.63, 3.8) is 0 Å². The summed E-state index contributed by atoms with van der Waals surface area (Å²) in [6, 6.07) is 3.75. The number of nitrogens with zero attached hydrogens (tertiary/aromatic N) is 1. The van der Waals surface area contributed by atoms with Crippen LogP contribution in [-0.4, -0.2) is 23.5 Å². The molecule has 3 N–H and O–H groups in total. The lowest BCUT2D eigenvalue weighted by molar-refractivity contribution is 0.0931. The molecule has 5 nitrogen and oxygen atoms in total. The lowest BCUT2D eigenvalue weighted by Crippen LogP contribution is -2.40. The molecule has 1 amide bonds. The van der Waals surface area contributed by atoms with Crippen LogP contribution < -0.4 is 11.1 Å². The van der Waals surface area contributed by atoms with Crippen molar-refractivity contribution in [2.75, 3.05) is 6.54 Å². The van der Waals surface area contributed by atoms with Crippen molar-refractivity contribution in [3.05, 3.63) is 29.0 Å². The van der Waals surface area contributed by atoms with E-state index in [9.17, 15) is 4.79 Å². The molecule has 2 aromatic rings. The van der Waals surface area contributed by atoms with Gasteiger partial charge in [-0.1, -0.05) is 19.8 Å². The minimum Gasteiger partial charge on any atom is -0.459 e. The number of furan rings is 1. The van der Waals surface area contributed by atoms with E-state index in [0.717, 1.165) is 25.0 Å². The fraction of sp³-hybridized carbons (Fsp3) is 0.467. The Balaban J connectivity index is 2.01. The van der Waals surface area contributed by atoms with Crippen molar-refractivity contribution in [2.24, 2.45) is 5.73 Å². The zero-order chi connectivity index (χ0) is 15.2. The van der Waals surface area contributed by atoms with Gasteiger partial charge in [0.1, 0.15) is 11.5 Å². The van der Waals surface area contributed by atoms with Gasteiger partial charge in [0.2, 0.25) is 0 Å². The zero-order valence-electron chi connectivity index (χ0n) is 12.4. The first-order chi connectivity index (χ1) is 10.1. The lowest BCUT2D eigenvalue weighted by Gasteiger charge is -2.15. The number of carbonyl (C=O) groups is 1. The summed E-state index contributed by atoms with van der Waals surface area (Å²) in [6.45, 7) is 4.44. The third kappa shape index (κ3) is 4.15. The van der Waals surface area contributed by atoms with Crippen LogP contribution in [0.3, 0.4) is 0 Å². The van der Waals surface area contributed by atoms with Crippen molar-refractivity contribution in [1.82, 2.24) is 10.3 Å². The molecule has 0 aliphatic carbocycles. The van der Waals surface area contributed by atoms with Crippen LogP contribution in [0.25, 0.3) is 10.8 Å². The number of unbranched alkanes of at least 4 members (excludes halogenated alkanes) is 1. The van der Waals surface area contributed by atoms with Crippen LogP contribution in [0, 0.1) is 6.92 Å². The van der Waals surface area contributed by atoms with Crippen LogP contribution in [0.5, 0.6) is 0 Å². The molecule has 0 bridgehead atoms. The van der Waals surface area contributed by atoms with E-state index < -0.39 is 0 Å². The van der Waals surface area contributed by atoms with E-state index in [0.29, 0.717) is 23.0 Å². The predicted octanol–water partition coefficient (Wildman–Crippen LogP) is 2.96.